The average molecular weight is 268 g/mol. The van der Waals surface area contributed by atoms with Gasteiger partial charge in [0, 0.05) is 5.69 Å². The third kappa shape index (κ3) is 2.05. The van der Waals surface area contributed by atoms with Crippen molar-refractivity contribution < 1.29 is 0 Å². The van der Waals surface area contributed by atoms with Crippen molar-refractivity contribution in [2.24, 2.45) is 0 Å². The molecule has 3 aromatic rings. The van der Waals surface area contributed by atoms with Crippen LogP contribution in [0.25, 0.3) is 11.2 Å². The number of aromatic nitrogens is 4. The summed E-state index contributed by atoms with van der Waals surface area (Å²) in [6.07, 6.45) is 2.53. The molecule has 1 aromatic carbocycles. The minimum absolute atomic E-state index is 0.207. The minimum atomic E-state index is 0.207. The molecule has 0 fully saturated rings. The maximum Gasteiger partial charge on any atom is 0.224 e. The number of imidazole rings is 1. The van der Waals surface area contributed by atoms with Crippen molar-refractivity contribution in [2.75, 3.05) is 11.1 Å². The fourth-order valence-electron chi connectivity index (χ4n) is 2.26. The van der Waals surface area contributed by atoms with E-state index in [-0.39, 0.29) is 5.95 Å². The number of fused-ring (bicyclic) bond motifs is 1. The molecule has 6 heteroatoms. The van der Waals surface area contributed by atoms with Crippen LogP contribution in [0, 0.1) is 6.92 Å². The number of anilines is 3. The number of nitrogen functional groups attached to an aromatic ring is 1. The van der Waals surface area contributed by atoms with E-state index in [0.717, 1.165) is 23.2 Å². The lowest BCUT2D eigenvalue weighted by atomic mass is 10.1. The molecule has 0 amide bonds. The highest BCUT2D eigenvalue weighted by molar-refractivity contribution is 5.86. The zero-order chi connectivity index (χ0) is 14.1. The van der Waals surface area contributed by atoms with Gasteiger partial charge in [0.05, 0.1) is 6.33 Å². The molecule has 2 aromatic heterocycles. The Morgan fingerprint density at radius 2 is 2.15 bits per heavy atom. The van der Waals surface area contributed by atoms with Gasteiger partial charge in [-0.15, -0.1) is 0 Å². The lowest BCUT2D eigenvalue weighted by Crippen LogP contribution is -2.04. The number of nitrogens with two attached hydrogens (primary N) is 1. The smallest absolute Gasteiger partial charge is 0.224 e. The predicted octanol–water partition coefficient (Wildman–Crippen LogP) is 2.55. The summed E-state index contributed by atoms with van der Waals surface area (Å²) in [6, 6.07) is 6.22. The van der Waals surface area contributed by atoms with E-state index in [4.69, 9.17) is 5.73 Å². The minimum Gasteiger partial charge on any atom is -0.368 e. The first-order chi connectivity index (χ1) is 9.69. The topological polar surface area (TPSA) is 92.5 Å². The van der Waals surface area contributed by atoms with Crippen LogP contribution < -0.4 is 11.1 Å². The first-order valence-electron chi connectivity index (χ1n) is 6.51. The van der Waals surface area contributed by atoms with E-state index in [2.05, 4.69) is 57.3 Å². The molecule has 0 saturated heterocycles. The molecule has 0 spiro atoms. The van der Waals surface area contributed by atoms with E-state index in [1.54, 1.807) is 6.33 Å². The van der Waals surface area contributed by atoms with E-state index < -0.39 is 0 Å². The summed E-state index contributed by atoms with van der Waals surface area (Å²) in [5, 5.41) is 3.36. The Morgan fingerprint density at radius 3 is 2.95 bits per heavy atom. The number of rotatable bonds is 3. The van der Waals surface area contributed by atoms with Crippen LogP contribution in [0.3, 0.4) is 0 Å². The van der Waals surface area contributed by atoms with Crippen LogP contribution in [0.1, 0.15) is 18.1 Å². The van der Waals surface area contributed by atoms with Crippen molar-refractivity contribution in [3.05, 3.63) is 35.7 Å². The van der Waals surface area contributed by atoms with E-state index >= 15 is 0 Å². The Hall–Kier alpha value is -2.63. The molecule has 3 rings (SSSR count). The summed E-state index contributed by atoms with van der Waals surface area (Å²) >= 11 is 0. The van der Waals surface area contributed by atoms with Crippen molar-refractivity contribution in [1.82, 2.24) is 19.9 Å². The zero-order valence-electron chi connectivity index (χ0n) is 11.4. The monoisotopic (exact) mass is 268 g/mol. The van der Waals surface area contributed by atoms with Crippen LogP contribution in [0.2, 0.25) is 0 Å². The lowest BCUT2D eigenvalue weighted by Gasteiger charge is -2.13. The summed E-state index contributed by atoms with van der Waals surface area (Å²) in [5.41, 5.74) is 10.5. The van der Waals surface area contributed by atoms with Gasteiger partial charge in [0.25, 0.3) is 0 Å². The van der Waals surface area contributed by atoms with Crippen molar-refractivity contribution in [3.63, 3.8) is 0 Å². The quantitative estimate of drug-likeness (QED) is 0.679. The number of aromatic amines is 1. The number of H-pyrrole nitrogens is 1. The summed E-state index contributed by atoms with van der Waals surface area (Å²) in [4.78, 5) is 15.5. The Bertz CT molecular complexity index is 761. The molecule has 4 N–H and O–H groups in total. The Balaban J connectivity index is 2.12. The molecule has 20 heavy (non-hydrogen) atoms. The molecule has 2 heterocycles. The predicted molar refractivity (Wildman–Crippen MR) is 79.9 cm³/mol. The van der Waals surface area contributed by atoms with Crippen molar-refractivity contribution in [1.29, 1.82) is 0 Å². The number of nitrogens with zero attached hydrogens (tertiary/aromatic N) is 3. The molecule has 0 atom stereocenters. The lowest BCUT2D eigenvalue weighted by molar-refractivity contribution is 1.13. The molecule has 0 unspecified atom stereocenters. The second kappa shape index (κ2) is 4.80. The number of hydrogen-bond acceptors (Lipinski definition) is 5. The zero-order valence-corrected chi connectivity index (χ0v) is 11.4. The van der Waals surface area contributed by atoms with Crippen molar-refractivity contribution in [2.45, 2.75) is 20.3 Å². The van der Waals surface area contributed by atoms with E-state index in [9.17, 15) is 0 Å². The molecule has 0 saturated carbocycles. The van der Waals surface area contributed by atoms with Gasteiger partial charge in [-0.05, 0) is 24.5 Å². The molecule has 0 bridgehead atoms. The highest BCUT2D eigenvalue weighted by Crippen LogP contribution is 2.27. The summed E-state index contributed by atoms with van der Waals surface area (Å²) in [6.45, 7) is 4.19. The maximum absolute atomic E-state index is 5.73. The van der Waals surface area contributed by atoms with Crippen LogP contribution in [0.4, 0.5) is 17.5 Å². The van der Waals surface area contributed by atoms with Crippen LogP contribution in [-0.2, 0) is 6.42 Å². The van der Waals surface area contributed by atoms with Gasteiger partial charge in [0.1, 0.15) is 5.52 Å². The molecule has 0 radical (unpaired) electrons. The highest BCUT2D eigenvalue weighted by Gasteiger charge is 2.11. The van der Waals surface area contributed by atoms with Crippen LogP contribution in [-0.4, -0.2) is 19.9 Å². The fourth-order valence-corrected chi connectivity index (χ4v) is 2.26. The Kier molecular flexibility index (Phi) is 2.98. The van der Waals surface area contributed by atoms with Crippen LogP contribution in [0.15, 0.2) is 24.5 Å². The molecule has 0 aliphatic rings. The van der Waals surface area contributed by atoms with Gasteiger partial charge in [0.15, 0.2) is 11.5 Å². The first-order valence-corrected chi connectivity index (χ1v) is 6.51. The number of hydrogen-bond donors (Lipinski definition) is 3. The largest absolute Gasteiger partial charge is 0.368 e. The van der Waals surface area contributed by atoms with Gasteiger partial charge in [-0.3, -0.25) is 0 Å². The third-order valence-corrected chi connectivity index (χ3v) is 3.29. The highest BCUT2D eigenvalue weighted by atomic mass is 15.1. The number of nitrogens with one attached hydrogen (secondary N) is 2. The first kappa shape index (κ1) is 12.4. The van der Waals surface area contributed by atoms with E-state index in [1.807, 2.05) is 0 Å². The van der Waals surface area contributed by atoms with Gasteiger partial charge in [-0.25, -0.2) is 4.98 Å². The maximum atomic E-state index is 5.73. The normalized spacial score (nSPS) is 10.9. The number of aryl methyl sites for hydroxylation is 2. The fraction of sp³-hybridized carbons (Fsp3) is 0.214. The molecule has 6 nitrogen and oxygen atoms in total. The summed E-state index contributed by atoms with van der Waals surface area (Å²) in [7, 11) is 0. The molecule has 102 valence electrons. The van der Waals surface area contributed by atoms with Gasteiger partial charge in [-0.1, -0.05) is 25.1 Å². The van der Waals surface area contributed by atoms with Crippen molar-refractivity contribution >= 4 is 28.6 Å². The van der Waals surface area contributed by atoms with Gasteiger partial charge < -0.3 is 16.0 Å². The van der Waals surface area contributed by atoms with Crippen LogP contribution in [0.5, 0.6) is 0 Å². The standard InChI is InChI=1S/C14H16N6/c1-3-9-6-4-5-8(2)10(9)18-13-11-12(17-7-16-11)19-14(15)20-13/h4-7H,3H2,1-2H3,(H4,15,16,17,18,19,20). The van der Waals surface area contributed by atoms with E-state index in [1.165, 1.54) is 5.56 Å². The third-order valence-electron chi connectivity index (χ3n) is 3.29. The van der Waals surface area contributed by atoms with Gasteiger partial charge in [-0.2, -0.15) is 9.97 Å². The second-order valence-electron chi connectivity index (χ2n) is 4.62. The average Bonchev–Trinajstić information content (AvgIpc) is 2.89. The molecule has 0 aliphatic carbocycles. The summed E-state index contributed by atoms with van der Waals surface area (Å²) in [5.74, 6) is 0.854. The molecule has 0 aliphatic heterocycles. The number of para-hydroxylation sites is 1. The summed E-state index contributed by atoms with van der Waals surface area (Å²) < 4.78 is 0. The van der Waals surface area contributed by atoms with Crippen molar-refractivity contribution in [3.8, 4) is 0 Å². The Morgan fingerprint density at radius 1 is 1.30 bits per heavy atom. The van der Waals surface area contributed by atoms with Gasteiger partial charge >= 0.3 is 0 Å². The Labute approximate surface area is 116 Å². The SMILES string of the molecule is CCc1cccc(C)c1Nc1nc(N)nc2nc[nH]c12. The second-order valence-corrected chi connectivity index (χ2v) is 4.62. The van der Waals surface area contributed by atoms with Gasteiger partial charge in [0.2, 0.25) is 5.95 Å². The molecular weight excluding hydrogens is 252 g/mol. The molecular formula is C14H16N6. The van der Waals surface area contributed by atoms with Crippen LogP contribution >= 0.6 is 0 Å². The van der Waals surface area contributed by atoms with E-state index in [0.29, 0.717) is 11.5 Å². The number of benzene rings is 1.